The molecule has 0 radical (unpaired) electrons. The van der Waals surface area contributed by atoms with Crippen LogP contribution >= 0.6 is 11.8 Å². The predicted molar refractivity (Wildman–Crippen MR) is 118 cm³/mol. The van der Waals surface area contributed by atoms with Crippen molar-refractivity contribution in [3.05, 3.63) is 53.3 Å². The minimum atomic E-state index is -0.753. The molecular weight excluding hydrogens is 419 g/mol. The third kappa shape index (κ3) is 5.50. The summed E-state index contributed by atoms with van der Waals surface area (Å²) in [6.07, 6.45) is 0.693. The fraction of sp³-hybridized carbons (Fsp3) is 0.391. The summed E-state index contributed by atoms with van der Waals surface area (Å²) in [5.41, 5.74) is 1.10. The van der Waals surface area contributed by atoms with Gasteiger partial charge in [-0.3, -0.25) is 9.59 Å². The molecule has 3 rings (SSSR count). The van der Waals surface area contributed by atoms with Gasteiger partial charge in [0.2, 0.25) is 5.91 Å². The Balaban J connectivity index is 1.77. The van der Waals surface area contributed by atoms with Crippen LogP contribution < -0.4 is 20.1 Å². The molecule has 2 aromatic carbocycles. The lowest BCUT2D eigenvalue weighted by Crippen LogP contribution is -2.50. The first-order valence-electron chi connectivity index (χ1n) is 10.1. The van der Waals surface area contributed by atoms with E-state index in [9.17, 15) is 14.0 Å². The van der Waals surface area contributed by atoms with E-state index in [2.05, 4.69) is 10.6 Å². The number of ether oxygens (including phenoxy) is 2. The maximum atomic E-state index is 13.8. The molecule has 6 nitrogen and oxygen atoms in total. The Kier molecular flexibility index (Phi) is 7.43. The molecule has 0 bridgehead atoms. The Morgan fingerprint density at radius 2 is 1.77 bits per heavy atom. The molecule has 1 aliphatic heterocycles. The normalized spacial score (nSPS) is 16.3. The van der Waals surface area contributed by atoms with Crippen LogP contribution in [0, 0.1) is 11.7 Å². The van der Waals surface area contributed by atoms with Gasteiger partial charge < -0.3 is 20.1 Å². The molecule has 0 saturated carbocycles. The molecule has 0 saturated heterocycles. The molecule has 2 aromatic rings. The number of rotatable bonds is 7. The van der Waals surface area contributed by atoms with Gasteiger partial charge in [-0.1, -0.05) is 13.8 Å². The van der Waals surface area contributed by atoms with Crippen molar-refractivity contribution >= 4 is 23.6 Å². The molecule has 1 heterocycles. The lowest BCUT2D eigenvalue weighted by Gasteiger charge is -2.29. The van der Waals surface area contributed by atoms with Gasteiger partial charge in [-0.2, -0.15) is 0 Å². The number of carbonyl (C=O) groups excluding carboxylic acids is 2. The summed E-state index contributed by atoms with van der Waals surface area (Å²) in [6, 6.07) is 8.43. The molecule has 0 spiro atoms. The van der Waals surface area contributed by atoms with Crippen LogP contribution in [0.1, 0.15) is 42.2 Å². The highest BCUT2D eigenvalue weighted by Gasteiger charge is 2.29. The molecule has 2 atom stereocenters. The predicted octanol–water partition coefficient (Wildman–Crippen LogP) is 3.95. The number of carbonyl (C=O) groups is 2. The summed E-state index contributed by atoms with van der Waals surface area (Å²) in [5.74, 6) is 0.595. The van der Waals surface area contributed by atoms with E-state index in [-0.39, 0.29) is 23.7 Å². The van der Waals surface area contributed by atoms with Crippen LogP contribution in [0.5, 0.6) is 11.5 Å². The number of thioether (sulfide) groups is 1. The highest BCUT2D eigenvalue weighted by Crippen LogP contribution is 2.36. The van der Waals surface area contributed by atoms with Crippen LogP contribution in [0.4, 0.5) is 4.39 Å². The number of benzene rings is 2. The number of fused-ring (bicyclic) bond motifs is 1. The van der Waals surface area contributed by atoms with Crippen molar-refractivity contribution in [2.45, 2.75) is 37.2 Å². The van der Waals surface area contributed by atoms with Gasteiger partial charge in [-0.05, 0) is 48.2 Å². The lowest BCUT2D eigenvalue weighted by molar-refractivity contribution is -0.124. The van der Waals surface area contributed by atoms with E-state index in [1.54, 1.807) is 36.0 Å². The fourth-order valence-corrected chi connectivity index (χ4v) is 4.58. The van der Waals surface area contributed by atoms with Gasteiger partial charge in [-0.15, -0.1) is 11.8 Å². The second-order valence-corrected chi connectivity index (χ2v) is 8.81. The van der Waals surface area contributed by atoms with Crippen molar-refractivity contribution in [3.8, 4) is 11.5 Å². The molecule has 166 valence electrons. The Morgan fingerprint density at radius 1 is 1.10 bits per heavy atom. The molecule has 0 aromatic heterocycles. The van der Waals surface area contributed by atoms with E-state index in [1.165, 1.54) is 26.4 Å². The average molecular weight is 447 g/mol. The lowest BCUT2D eigenvalue weighted by atomic mass is 9.99. The maximum Gasteiger partial charge on any atom is 0.252 e. The summed E-state index contributed by atoms with van der Waals surface area (Å²) in [7, 11) is 3.01. The zero-order valence-electron chi connectivity index (χ0n) is 18.0. The van der Waals surface area contributed by atoms with E-state index in [0.717, 1.165) is 16.2 Å². The highest BCUT2D eigenvalue weighted by atomic mass is 32.2. The molecular formula is C23H27FN2O4S. The van der Waals surface area contributed by atoms with Crippen LogP contribution in [0.25, 0.3) is 0 Å². The number of hydrogen-bond acceptors (Lipinski definition) is 5. The first kappa shape index (κ1) is 22.9. The second-order valence-electron chi connectivity index (χ2n) is 7.68. The maximum absolute atomic E-state index is 13.8. The minimum absolute atomic E-state index is 0.151. The molecule has 0 aliphatic carbocycles. The van der Waals surface area contributed by atoms with Gasteiger partial charge in [0.15, 0.2) is 0 Å². The topological polar surface area (TPSA) is 76.7 Å². The Hall–Kier alpha value is -2.74. The fourth-order valence-electron chi connectivity index (χ4n) is 3.47. The molecule has 1 aliphatic rings. The summed E-state index contributed by atoms with van der Waals surface area (Å²) < 4.78 is 24.2. The number of nitrogens with one attached hydrogen (secondary N) is 2. The molecule has 1 unspecified atom stereocenters. The monoisotopic (exact) mass is 446 g/mol. The number of methoxy groups -OCH3 is 2. The summed E-state index contributed by atoms with van der Waals surface area (Å²) >= 11 is 1.65. The van der Waals surface area contributed by atoms with Crippen molar-refractivity contribution in [1.82, 2.24) is 10.6 Å². The SMILES string of the molecule is COc1cc(OC)cc(C(=O)N[C@H](C(=O)NC2CCSc3ccc(F)cc32)C(C)C)c1. The van der Waals surface area contributed by atoms with Crippen molar-refractivity contribution in [3.63, 3.8) is 0 Å². The number of hydrogen-bond donors (Lipinski definition) is 2. The third-order valence-corrected chi connectivity index (χ3v) is 6.30. The number of amides is 2. The molecule has 2 amide bonds. The van der Waals surface area contributed by atoms with Gasteiger partial charge in [0.05, 0.1) is 20.3 Å². The zero-order chi connectivity index (χ0) is 22.5. The van der Waals surface area contributed by atoms with Gasteiger partial charge in [0, 0.05) is 22.3 Å². The largest absolute Gasteiger partial charge is 0.497 e. The molecule has 8 heteroatoms. The van der Waals surface area contributed by atoms with Gasteiger partial charge in [0.1, 0.15) is 23.4 Å². The smallest absolute Gasteiger partial charge is 0.252 e. The van der Waals surface area contributed by atoms with Crippen LogP contribution in [0.15, 0.2) is 41.3 Å². The summed E-state index contributed by atoms with van der Waals surface area (Å²) in [5, 5.41) is 5.82. The standard InChI is InChI=1S/C23H27FN2O4S/c1-13(2)21(26-22(27)14-9-16(29-3)12-17(10-14)30-4)23(28)25-19-7-8-31-20-6-5-15(24)11-18(19)20/h5-6,9-13,19,21H,7-8H2,1-4H3,(H,25,28)(H,26,27)/t19?,21-/m0/s1. The van der Waals surface area contributed by atoms with Crippen molar-refractivity contribution in [2.75, 3.05) is 20.0 Å². The molecule has 0 fully saturated rings. The van der Waals surface area contributed by atoms with Crippen LogP contribution in [-0.4, -0.2) is 37.8 Å². The molecule has 31 heavy (non-hydrogen) atoms. The second kappa shape index (κ2) is 10.0. The summed E-state index contributed by atoms with van der Waals surface area (Å²) in [4.78, 5) is 26.9. The quantitative estimate of drug-likeness (QED) is 0.674. The van der Waals surface area contributed by atoms with Crippen LogP contribution in [0.2, 0.25) is 0 Å². The highest BCUT2D eigenvalue weighted by molar-refractivity contribution is 7.99. The first-order valence-corrected chi connectivity index (χ1v) is 11.1. The number of halogens is 1. The van der Waals surface area contributed by atoms with Crippen LogP contribution in [0.3, 0.4) is 0 Å². The van der Waals surface area contributed by atoms with E-state index in [4.69, 9.17) is 9.47 Å². The van der Waals surface area contributed by atoms with Crippen molar-refractivity contribution in [1.29, 1.82) is 0 Å². The third-order valence-electron chi connectivity index (χ3n) is 5.18. The summed E-state index contributed by atoms with van der Waals surface area (Å²) in [6.45, 7) is 3.72. The minimum Gasteiger partial charge on any atom is -0.497 e. The van der Waals surface area contributed by atoms with E-state index in [0.29, 0.717) is 23.5 Å². The first-order chi connectivity index (χ1) is 14.8. The van der Waals surface area contributed by atoms with Crippen LogP contribution in [-0.2, 0) is 4.79 Å². The van der Waals surface area contributed by atoms with Gasteiger partial charge >= 0.3 is 0 Å². The Morgan fingerprint density at radius 3 is 2.39 bits per heavy atom. The zero-order valence-corrected chi connectivity index (χ0v) is 18.8. The van der Waals surface area contributed by atoms with Crippen molar-refractivity contribution < 1.29 is 23.5 Å². The Bertz CT molecular complexity index is 944. The van der Waals surface area contributed by atoms with E-state index >= 15 is 0 Å². The van der Waals surface area contributed by atoms with Gasteiger partial charge in [0.25, 0.3) is 5.91 Å². The van der Waals surface area contributed by atoms with Gasteiger partial charge in [-0.25, -0.2) is 4.39 Å². The van der Waals surface area contributed by atoms with E-state index < -0.39 is 11.9 Å². The molecule has 2 N–H and O–H groups in total. The van der Waals surface area contributed by atoms with Crippen molar-refractivity contribution in [2.24, 2.45) is 5.92 Å². The Labute approximate surface area is 185 Å². The average Bonchev–Trinajstić information content (AvgIpc) is 2.76. The van der Waals surface area contributed by atoms with E-state index in [1.807, 2.05) is 13.8 Å².